The average Bonchev–Trinajstić information content (AvgIpc) is 3.17. The number of aromatic nitrogens is 2. The first-order valence-corrected chi connectivity index (χ1v) is 7.90. The standard InChI is InChI=1S/C17H9ClF5N3O2/c18-8-1-3-9(4-2-8)28-7-26-6-5-10(25-26)17(27)24-16-14(22)12(20)11(19)13(21)15(16)23/h1-6H,7H2,(H,24,27). The predicted octanol–water partition coefficient (Wildman–Crippen LogP) is 4.52. The number of carbonyl (C=O) groups excluding carboxylic acids is 1. The summed E-state index contributed by atoms with van der Waals surface area (Å²) in [6.45, 7) is -0.114. The zero-order valence-electron chi connectivity index (χ0n) is 13.6. The van der Waals surface area contributed by atoms with Gasteiger partial charge in [-0.05, 0) is 30.3 Å². The Hall–Kier alpha value is -3.14. The molecule has 0 radical (unpaired) electrons. The third-order valence-corrected chi connectivity index (χ3v) is 3.75. The molecule has 3 aromatic rings. The largest absolute Gasteiger partial charge is 0.471 e. The minimum atomic E-state index is -2.32. The monoisotopic (exact) mass is 417 g/mol. The van der Waals surface area contributed by atoms with Crippen molar-refractivity contribution in [1.82, 2.24) is 9.78 Å². The Bertz CT molecular complexity index is 1010. The maximum absolute atomic E-state index is 13.6. The highest BCUT2D eigenvalue weighted by Gasteiger charge is 2.27. The number of nitrogens with one attached hydrogen (secondary N) is 1. The smallest absolute Gasteiger partial charge is 0.276 e. The van der Waals surface area contributed by atoms with E-state index in [-0.39, 0.29) is 12.4 Å². The first-order valence-electron chi connectivity index (χ1n) is 7.52. The fourth-order valence-electron chi connectivity index (χ4n) is 2.12. The normalized spacial score (nSPS) is 10.8. The Labute approximate surface area is 159 Å². The zero-order chi connectivity index (χ0) is 20.4. The first kappa shape index (κ1) is 19.6. The van der Waals surface area contributed by atoms with Crippen LogP contribution in [-0.2, 0) is 6.73 Å². The second-order valence-electron chi connectivity index (χ2n) is 5.37. The molecule has 0 unspecified atom stereocenters. The topological polar surface area (TPSA) is 56.2 Å². The summed E-state index contributed by atoms with van der Waals surface area (Å²) in [7, 11) is 0. The van der Waals surface area contributed by atoms with Gasteiger partial charge in [-0.25, -0.2) is 26.6 Å². The summed E-state index contributed by atoms with van der Waals surface area (Å²) in [6.07, 6.45) is 1.32. The number of carbonyl (C=O) groups is 1. The lowest BCUT2D eigenvalue weighted by Gasteiger charge is -2.09. The second-order valence-corrected chi connectivity index (χ2v) is 5.80. The van der Waals surface area contributed by atoms with Crippen LogP contribution >= 0.6 is 11.6 Å². The molecule has 0 atom stereocenters. The number of amides is 1. The van der Waals surface area contributed by atoms with Crippen molar-refractivity contribution >= 4 is 23.2 Å². The van der Waals surface area contributed by atoms with Crippen LogP contribution < -0.4 is 10.1 Å². The SMILES string of the molecule is O=C(Nc1c(F)c(F)c(F)c(F)c1F)c1ccn(COc2ccc(Cl)cc2)n1. The molecule has 1 aromatic heterocycles. The second kappa shape index (κ2) is 7.85. The molecule has 11 heteroatoms. The van der Waals surface area contributed by atoms with Crippen molar-refractivity contribution in [2.75, 3.05) is 5.32 Å². The molecule has 0 saturated heterocycles. The molecule has 0 spiro atoms. The molecule has 0 aliphatic rings. The van der Waals surface area contributed by atoms with Gasteiger partial charge in [0.05, 0.1) is 0 Å². The lowest BCUT2D eigenvalue weighted by molar-refractivity contribution is 0.101. The zero-order valence-corrected chi connectivity index (χ0v) is 14.4. The molecule has 1 heterocycles. The molecular weight excluding hydrogens is 409 g/mol. The minimum absolute atomic E-state index is 0.114. The highest BCUT2D eigenvalue weighted by Crippen LogP contribution is 2.27. The van der Waals surface area contributed by atoms with E-state index in [0.717, 1.165) is 0 Å². The van der Waals surface area contributed by atoms with E-state index in [1.165, 1.54) is 16.9 Å². The van der Waals surface area contributed by atoms with Crippen molar-refractivity contribution in [3.8, 4) is 5.75 Å². The van der Waals surface area contributed by atoms with Crippen LogP contribution in [0.5, 0.6) is 5.75 Å². The van der Waals surface area contributed by atoms with Crippen molar-refractivity contribution in [1.29, 1.82) is 0 Å². The highest BCUT2D eigenvalue weighted by atomic mass is 35.5. The fraction of sp³-hybridized carbons (Fsp3) is 0.0588. The Morgan fingerprint density at radius 2 is 1.54 bits per heavy atom. The number of rotatable bonds is 5. The summed E-state index contributed by atoms with van der Waals surface area (Å²) in [6, 6.07) is 7.57. The van der Waals surface area contributed by atoms with Crippen molar-refractivity contribution < 1.29 is 31.5 Å². The number of halogens is 6. The number of hydrogen-bond acceptors (Lipinski definition) is 3. The molecule has 146 valence electrons. The summed E-state index contributed by atoms with van der Waals surface area (Å²) < 4.78 is 73.2. The van der Waals surface area contributed by atoms with Gasteiger partial charge in [0.25, 0.3) is 5.91 Å². The number of benzene rings is 2. The van der Waals surface area contributed by atoms with E-state index < -0.39 is 40.7 Å². The van der Waals surface area contributed by atoms with Crippen molar-refractivity contribution in [3.05, 3.63) is 76.3 Å². The number of hydrogen-bond donors (Lipinski definition) is 1. The Morgan fingerprint density at radius 3 is 2.14 bits per heavy atom. The molecule has 3 rings (SSSR count). The molecule has 28 heavy (non-hydrogen) atoms. The van der Waals surface area contributed by atoms with Gasteiger partial charge in [0, 0.05) is 11.2 Å². The quantitative estimate of drug-likeness (QED) is 0.377. The van der Waals surface area contributed by atoms with Crippen LogP contribution in [0.15, 0.2) is 36.5 Å². The fourth-order valence-corrected chi connectivity index (χ4v) is 2.24. The maximum Gasteiger partial charge on any atom is 0.276 e. The van der Waals surface area contributed by atoms with E-state index in [0.29, 0.717) is 10.8 Å². The van der Waals surface area contributed by atoms with Gasteiger partial charge in [0.1, 0.15) is 11.4 Å². The van der Waals surface area contributed by atoms with Gasteiger partial charge in [0.15, 0.2) is 35.7 Å². The molecule has 0 bridgehead atoms. The van der Waals surface area contributed by atoms with Gasteiger partial charge in [0.2, 0.25) is 5.82 Å². The van der Waals surface area contributed by atoms with E-state index in [1.807, 2.05) is 0 Å². The van der Waals surface area contributed by atoms with Crippen molar-refractivity contribution in [2.45, 2.75) is 6.73 Å². The Kier molecular flexibility index (Phi) is 5.50. The lowest BCUT2D eigenvalue weighted by atomic mass is 10.2. The molecule has 1 N–H and O–H groups in total. The van der Waals surface area contributed by atoms with E-state index in [4.69, 9.17) is 16.3 Å². The van der Waals surface area contributed by atoms with Crippen LogP contribution in [0.3, 0.4) is 0 Å². The molecule has 2 aromatic carbocycles. The van der Waals surface area contributed by atoms with Gasteiger partial charge in [-0.2, -0.15) is 5.10 Å². The van der Waals surface area contributed by atoms with E-state index in [9.17, 15) is 26.7 Å². The molecule has 0 fully saturated rings. The van der Waals surface area contributed by atoms with E-state index >= 15 is 0 Å². The average molecular weight is 418 g/mol. The number of nitrogens with zero attached hydrogens (tertiary/aromatic N) is 2. The van der Waals surface area contributed by atoms with Gasteiger partial charge >= 0.3 is 0 Å². The lowest BCUT2D eigenvalue weighted by Crippen LogP contribution is -2.18. The Morgan fingerprint density at radius 1 is 0.964 bits per heavy atom. The summed E-state index contributed by atoms with van der Waals surface area (Å²) >= 11 is 5.75. The third-order valence-electron chi connectivity index (χ3n) is 3.50. The van der Waals surface area contributed by atoms with Crippen molar-refractivity contribution in [3.63, 3.8) is 0 Å². The van der Waals surface area contributed by atoms with Crippen LogP contribution in [0.2, 0.25) is 5.02 Å². The van der Waals surface area contributed by atoms with Gasteiger partial charge < -0.3 is 10.1 Å². The molecule has 5 nitrogen and oxygen atoms in total. The maximum atomic E-state index is 13.6. The Balaban J connectivity index is 1.72. The van der Waals surface area contributed by atoms with Crippen LogP contribution in [-0.4, -0.2) is 15.7 Å². The van der Waals surface area contributed by atoms with Crippen molar-refractivity contribution in [2.24, 2.45) is 0 Å². The summed E-state index contributed by atoms with van der Waals surface area (Å²) in [5, 5.41) is 5.95. The summed E-state index contributed by atoms with van der Waals surface area (Å²) in [5.41, 5.74) is -1.79. The summed E-state index contributed by atoms with van der Waals surface area (Å²) in [4.78, 5) is 12.0. The van der Waals surface area contributed by atoms with Crippen LogP contribution in [0.1, 0.15) is 10.5 Å². The number of anilines is 1. The van der Waals surface area contributed by atoms with Gasteiger partial charge in [-0.1, -0.05) is 11.6 Å². The summed E-state index contributed by atoms with van der Waals surface area (Å²) in [5.74, 6) is -11.7. The first-order chi connectivity index (χ1) is 13.3. The third kappa shape index (κ3) is 3.91. The highest BCUT2D eigenvalue weighted by molar-refractivity contribution is 6.30. The molecule has 1 amide bonds. The van der Waals surface area contributed by atoms with Crippen LogP contribution in [0.4, 0.5) is 27.6 Å². The van der Waals surface area contributed by atoms with E-state index in [1.54, 1.807) is 29.6 Å². The van der Waals surface area contributed by atoms with Crippen LogP contribution in [0.25, 0.3) is 0 Å². The van der Waals surface area contributed by atoms with Crippen LogP contribution in [0, 0.1) is 29.1 Å². The molecule has 0 aliphatic carbocycles. The molecule has 0 aliphatic heterocycles. The molecule has 0 saturated carbocycles. The van der Waals surface area contributed by atoms with Gasteiger partial charge in [-0.15, -0.1) is 0 Å². The predicted molar refractivity (Wildman–Crippen MR) is 88.5 cm³/mol. The molecular formula is C17H9ClF5N3O2. The van der Waals surface area contributed by atoms with Gasteiger partial charge in [-0.3, -0.25) is 4.79 Å². The minimum Gasteiger partial charge on any atom is -0.471 e. The number of ether oxygens (including phenoxy) is 1. The van der Waals surface area contributed by atoms with E-state index in [2.05, 4.69) is 5.10 Å².